The number of carbonyl (C=O) groups is 2. The second kappa shape index (κ2) is 11.7. The SMILES string of the molecule is C=CCC/C(C)=C\C(=O)OC1C[C@@H](CCc2ccccc2)OC(OC)(C2CSC(=O)N2)C1. The number of aryl methyl sites for hydroxylation is 1. The second-order valence-corrected chi connectivity index (χ2v) is 9.39. The number of methoxy groups -OCH3 is 1. The molecule has 0 bridgehead atoms. The van der Waals surface area contributed by atoms with Gasteiger partial charge in [0.25, 0.3) is 5.24 Å². The summed E-state index contributed by atoms with van der Waals surface area (Å²) in [5.74, 6) is -0.819. The van der Waals surface area contributed by atoms with E-state index < -0.39 is 5.79 Å². The van der Waals surface area contributed by atoms with E-state index in [0.29, 0.717) is 18.6 Å². The van der Waals surface area contributed by atoms with Gasteiger partial charge in [0.1, 0.15) is 6.10 Å². The number of carbonyl (C=O) groups excluding carboxylic acids is 2. The van der Waals surface area contributed by atoms with Crippen molar-refractivity contribution in [1.29, 1.82) is 0 Å². The Morgan fingerprint density at radius 2 is 2.16 bits per heavy atom. The predicted octanol–water partition coefficient (Wildman–Crippen LogP) is 4.79. The number of nitrogens with one attached hydrogen (secondary N) is 1. The van der Waals surface area contributed by atoms with E-state index in [-0.39, 0.29) is 29.5 Å². The third kappa shape index (κ3) is 6.70. The molecule has 0 aromatic heterocycles. The molecule has 1 aromatic rings. The van der Waals surface area contributed by atoms with E-state index in [2.05, 4.69) is 24.0 Å². The minimum Gasteiger partial charge on any atom is -0.459 e. The Labute approximate surface area is 194 Å². The highest BCUT2D eigenvalue weighted by Gasteiger charge is 2.51. The van der Waals surface area contributed by atoms with Gasteiger partial charge in [-0.3, -0.25) is 4.79 Å². The van der Waals surface area contributed by atoms with Crippen molar-refractivity contribution in [3.05, 3.63) is 60.2 Å². The quantitative estimate of drug-likeness (QED) is 0.308. The summed E-state index contributed by atoms with van der Waals surface area (Å²) in [5.41, 5.74) is 2.18. The number of rotatable bonds is 10. The Morgan fingerprint density at radius 3 is 2.81 bits per heavy atom. The number of hydrogen-bond acceptors (Lipinski definition) is 6. The summed E-state index contributed by atoms with van der Waals surface area (Å²) >= 11 is 1.22. The molecule has 6 nitrogen and oxygen atoms in total. The molecule has 4 atom stereocenters. The topological polar surface area (TPSA) is 73.9 Å². The van der Waals surface area contributed by atoms with Crippen LogP contribution in [-0.4, -0.2) is 48.1 Å². The van der Waals surface area contributed by atoms with Crippen LogP contribution in [-0.2, 0) is 25.4 Å². The third-order valence-electron chi connectivity index (χ3n) is 5.94. The van der Waals surface area contributed by atoms with Gasteiger partial charge < -0.3 is 19.5 Å². The smallest absolute Gasteiger partial charge is 0.330 e. The summed E-state index contributed by atoms with van der Waals surface area (Å²) in [4.78, 5) is 24.4. The maximum Gasteiger partial charge on any atom is 0.330 e. The number of thioether (sulfide) groups is 1. The molecule has 3 rings (SSSR count). The fourth-order valence-corrected chi connectivity index (χ4v) is 5.11. The number of amides is 1. The van der Waals surface area contributed by atoms with E-state index in [1.165, 1.54) is 17.3 Å². The summed E-state index contributed by atoms with van der Waals surface area (Å²) in [6.07, 6.45) is 7.05. The first-order valence-electron chi connectivity index (χ1n) is 11.1. The van der Waals surface area contributed by atoms with Crippen molar-refractivity contribution in [2.45, 2.75) is 69.5 Å². The lowest BCUT2D eigenvalue weighted by molar-refractivity contribution is -0.295. The van der Waals surface area contributed by atoms with Gasteiger partial charge in [0, 0.05) is 31.8 Å². The molecule has 2 heterocycles. The Hall–Kier alpha value is -2.09. The molecule has 2 saturated heterocycles. The van der Waals surface area contributed by atoms with Crippen LogP contribution in [0, 0.1) is 0 Å². The standard InChI is InChI=1S/C25H33NO5S/c1-4-5-9-18(2)14-23(27)30-21-15-20(13-12-19-10-7-6-8-11-19)31-25(16-21,29-3)22-17-32-24(28)26-22/h4,6-8,10-11,14,20-22H,1,5,9,12-13,15-17H2,2-3H3,(H,26,28)/b18-14-/t20-,21?,22?,25?/m1/s1. The lowest BCUT2D eigenvalue weighted by Crippen LogP contribution is -2.59. The maximum atomic E-state index is 12.6. The average Bonchev–Trinajstić information content (AvgIpc) is 3.23. The molecule has 1 N–H and O–H groups in total. The largest absolute Gasteiger partial charge is 0.459 e. The minimum atomic E-state index is -1.02. The normalized spacial score (nSPS) is 28.2. The molecule has 0 saturated carbocycles. The van der Waals surface area contributed by atoms with Crippen LogP contribution in [0.3, 0.4) is 0 Å². The van der Waals surface area contributed by atoms with Crippen LogP contribution in [0.5, 0.6) is 0 Å². The van der Waals surface area contributed by atoms with Crippen LogP contribution in [0.15, 0.2) is 54.6 Å². The van der Waals surface area contributed by atoms with Crippen molar-refractivity contribution in [2.75, 3.05) is 12.9 Å². The lowest BCUT2D eigenvalue weighted by Gasteiger charge is -2.46. The van der Waals surface area contributed by atoms with Crippen molar-refractivity contribution in [1.82, 2.24) is 5.32 Å². The van der Waals surface area contributed by atoms with Gasteiger partial charge in [-0.25, -0.2) is 4.79 Å². The number of ether oxygens (including phenoxy) is 3. The van der Waals surface area contributed by atoms with Gasteiger partial charge in [-0.2, -0.15) is 0 Å². The van der Waals surface area contributed by atoms with Gasteiger partial charge in [-0.05, 0) is 38.2 Å². The number of hydrogen-bond donors (Lipinski definition) is 1. The highest BCUT2D eigenvalue weighted by atomic mass is 32.2. The van der Waals surface area contributed by atoms with Gasteiger partial charge in [0.2, 0.25) is 0 Å². The van der Waals surface area contributed by atoms with Gasteiger partial charge in [-0.15, -0.1) is 6.58 Å². The zero-order chi connectivity index (χ0) is 23.0. The van der Waals surface area contributed by atoms with E-state index in [1.54, 1.807) is 13.2 Å². The Bertz CT molecular complexity index is 827. The second-order valence-electron chi connectivity index (χ2n) is 8.39. The van der Waals surface area contributed by atoms with Crippen molar-refractivity contribution >= 4 is 23.0 Å². The van der Waals surface area contributed by atoms with Gasteiger partial charge >= 0.3 is 5.97 Å². The van der Waals surface area contributed by atoms with Crippen molar-refractivity contribution in [3.8, 4) is 0 Å². The number of esters is 1. The van der Waals surface area contributed by atoms with Crippen LogP contribution in [0.2, 0.25) is 0 Å². The number of benzene rings is 1. The zero-order valence-electron chi connectivity index (χ0n) is 18.9. The molecule has 174 valence electrons. The van der Waals surface area contributed by atoms with Gasteiger partial charge in [0.05, 0.1) is 12.1 Å². The summed E-state index contributed by atoms with van der Waals surface area (Å²) in [6.45, 7) is 5.64. The molecule has 32 heavy (non-hydrogen) atoms. The molecule has 1 amide bonds. The molecule has 2 aliphatic rings. The van der Waals surface area contributed by atoms with Crippen molar-refractivity contribution in [3.63, 3.8) is 0 Å². The van der Waals surface area contributed by atoms with Crippen LogP contribution in [0.25, 0.3) is 0 Å². The first kappa shape index (κ1) is 24.6. The van der Waals surface area contributed by atoms with Crippen molar-refractivity contribution in [2.24, 2.45) is 0 Å². The molecule has 0 aliphatic carbocycles. The maximum absolute atomic E-state index is 12.6. The van der Waals surface area contributed by atoms with Crippen molar-refractivity contribution < 1.29 is 23.8 Å². The van der Waals surface area contributed by atoms with E-state index >= 15 is 0 Å². The Balaban J connectivity index is 1.72. The first-order valence-corrected chi connectivity index (χ1v) is 12.1. The van der Waals surface area contributed by atoms with Crippen LogP contribution in [0.1, 0.15) is 44.6 Å². The summed E-state index contributed by atoms with van der Waals surface area (Å²) in [5, 5.41) is 2.86. The molecular weight excluding hydrogens is 426 g/mol. The fourth-order valence-electron chi connectivity index (χ4n) is 4.23. The average molecular weight is 460 g/mol. The molecule has 2 aliphatic heterocycles. The molecule has 1 aromatic carbocycles. The first-order chi connectivity index (χ1) is 15.4. The third-order valence-corrected chi connectivity index (χ3v) is 6.82. The van der Waals surface area contributed by atoms with Gasteiger partial charge in [-0.1, -0.05) is 53.7 Å². The van der Waals surface area contributed by atoms with Crippen LogP contribution >= 0.6 is 11.8 Å². The van der Waals surface area contributed by atoms with Crippen LogP contribution in [0.4, 0.5) is 4.79 Å². The Morgan fingerprint density at radius 1 is 1.38 bits per heavy atom. The molecule has 0 radical (unpaired) electrons. The summed E-state index contributed by atoms with van der Waals surface area (Å²) in [6, 6.07) is 9.93. The van der Waals surface area contributed by atoms with Crippen LogP contribution < -0.4 is 5.32 Å². The highest BCUT2D eigenvalue weighted by Crippen LogP contribution is 2.38. The van der Waals surface area contributed by atoms with E-state index in [4.69, 9.17) is 14.2 Å². The minimum absolute atomic E-state index is 0.0873. The molecular formula is C25H33NO5S. The Kier molecular flexibility index (Phi) is 8.96. The summed E-state index contributed by atoms with van der Waals surface area (Å²) in [7, 11) is 1.59. The van der Waals surface area contributed by atoms with E-state index in [0.717, 1.165) is 31.3 Å². The van der Waals surface area contributed by atoms with E-state index in [9.17, 15) is 9.59 Å². The highest BCUT2D eigenvalue weighted by molar-refractivity contribution is 8.14. The van der Waals surface area contributed by atoms with Gasteiger partial charge in [0.15, 0.2) is 5.79 Å². The fraction of sp³-hybridized carbons (Fsp3) is 0.520. The lowest BCUT2D eigenvalue weighted by atomic mass is 9.91. The van der Waals surface area contributed by atoms with E-state index in [1.807, 2.05) is 31.2 Å². The zero-order valence-corrected chi connectivity index (χ0v) is 19.7. The number of allylic oxidation sites excluding steroid dienone is 2. The molecule has 7 heteroatoms. The molecule has 0 spiro atoms. The monoisotopic (exact) mass is 459 g/mol. The molecule has 2 fully saturated rings. The summed E-state index contributed by atoms with van der Waals surface area (Å²) < 4.78 is 18.2. The predicted molar refractivity (Wildman–Crippen MR) is 126 cm³/mol. The molecule has 3 unspecified atom stereocenters.